The highest BCUT2D eigenvalue weighted by molar-refractivity contribution is 6.11. The molecule has 0 aliphatic carbocycles. The zero-order valence-electron chi connectivity index (χ0n) is 25.7. The molecule has 0 radical (unpaired) electrons. The molecule has 212 valence electrons. The SMILES string of the molecule is BC(CC/C=C\C(=C)CCCCCCCCCCCCC)CCCCCCCCCCCCCCC. The van der Waals surface area contributed by atoms with E-state index in [9.17, 15) is 0 Å². The van der Waals surface area contributed by atoms with Crippen molar-refractivity contribution in [2.24, 2.45) is 0 Å². The van der Waals surface area contributed by atoms with Gasteiger partial charge in [-0.1, -0.05) is 204 Å². The Balaban J connectivity index is 3.35. The van der Waals surface area contributed by atoms with Gasteiger partial charge in [-0.05, 0) is 19.3 Å². The normalized spacial score (nSPS) is 12.5. The van der Waals surface area contributed by atoms with E-state index in [0.29, 0.717) is 0 Å². The highest BCUT2D eigenvalue weighted by Crippen LogP contribution is 2.20. The summed E-state index contributed by atoms with van der Waals surface area (Å²) >= 11 is 0. The van der Waals surface area contributed by atoms with Crippen LogP contribution in [0.2, 0.25) is 5.82 Å². The van der Waals surface area contributed by atoms with E-state index >= 15 is 0 Å². The molecule has 0 rings (SSSR count). The van der Waals surface area contributed by atoms with Crippen LogP contribution in [-0.4, -0.2) is 7.85 Å². The third kappa shape index (κ3) is 29.8. The van der Waals surface area contributed by atoms with Gasteiger partial charge in [0, 0.05) is 0 Å². The maximum atomic E-state index is 4.28. The van der Waals surface area contributed by atoms with E-state index in [1.807, 2.05) is 0 Å². The molecule has 0 aromatic carbocycles. The molecule has 0 aromatic rings. The molecule has 0 N–H and O–H groups in total. The lowest BCUT2D eigenvalue weighted by Crippen LogP contribution is -1.92. The zero-order valence-corrected chi connectivity index (χ0v) is 25.7. The molecular formula is C35H69B. The minimum Gasteiger partial charge on any atom is -0.0958 e. The molecule has 0 fully saturated rings. The highest BCUT2D eigenvalue weighted by Gasteiger charge is 2.01. The number of unbranched alkanes of at least 4 members (excludes halogenated alkanes) is 22. The summed E-state index contributed by atoms with van der Waals surface area (Å²) in [5, 5.41) is 0. The molecular weight excluding hydrogens is 431 g/mol. The fraction of sp³-hybridized carbons (Fsp3) is 0.886. The summed E-state index contributed by atoms with van der Waals surface area (Å²) in [6.45, 7) is 8.89. The lowest BCUT2D eigenvalue weighted by Gasteiger charge is -2.09. The quantitative estimate of drug-likeness (QED) is 0.0522. The van der Waals surface area contributed by atoms with Crippen molar-refractivity contribution in [3.63, 3.8) is 0 Å². The van der Waals surface area contributed by atoms with E-state index in [1.54, 1.807) is 0 Å². The second kappa shape index (κ2) is 30.8. The fourth-order valence-electron chi connectivity index (χ4n) is 5.39. The van der Waals surface area contributed by atoms with Gasteiger partial charge in [0.1, 0.15) is 7.85 Å². The van der Waals surface area contributed by atoms with Gasteiger partial charge in [-0.2, -0.15) is 0 Å². The average Bonchev–Trinajstić information content (AvgIpc) is 2.88. The Labute approximate surface area is 231 Å². The van der Waals surface area contributed by atoms with Crippen LogP contribution in [0.3, 0.4) is 0 Å². The Morgan fingerprint density at radius 2 is 0.889 bits per heavy atom. The third-order valence-electron chi connectivity index (χ3n) is 8.08. The minimum atomic E-state index is 0.877. The van der Waals surface area contributed by atoms with Gasteiger partial charge in [0.25, 0.3) is 0 Å². The van der Waals surface area contributed by atoms with Crippen LogP contribution >= 0.6 is 0 Å². The number of rotatable bonds is 30. The monoisotopic (exact) mass is 501 g/mol. The van der Waals surface area contributed by atoms with Crippen molar-refractivity contribution < 1.29 is 0 Å². The van der Waals surface area contributed by atoms with E-state index in [2.05, 4.69) is 40.4 Å². The standard InChI is InChI=1S/C35H69B/c1-4-6-8-10-12-14-16-17-19-21-23-25-27-32-35(36)33-29-28-31-34(3)30-26-24-22-20-18-15-13-11-9-7-5-2/h28,31,35H,3-27,29-30,32-33,36H2,1-2H3/b31-28-. The van der Waals surface area contributed by atoms with Crippen molar-refractivity contribution >= 4 is 7.85 Å². The van der Waals surface area contributed by atoms with Gasteiger partial charge in [-0.15, -0.1) is 0 Å². The Kier molecular flexibility index (Phi) is 30.4. The summed E-state index contributed by atoms with van der Waals surface area (Å²) in [6.07, 6.45) is 44.4. The molecule has 0 amide bonds. The molecule has 0 aliphatic heterocycles. The third-order valence-corrected chi connectivity index (χ3v) is 8.08. The summed E-state index contributed by atoms with van der Waals surface area (Å²) in [5.41, 5.74) is 1.34. The fourth-order valence-corrected chi connectivity index (χ4v) is 5.39. The van der Waals surface area contributed by atoms with E-state index in [-0.39, 0.29) is 0 Å². The van der Waals surface area contributed by atoms with Crippen LogP contribution in [0.5, 0.6) is 0 Å². The van der Waals surface area contributed by atoms with Crippen molar-refractivity contribution in [2.75, 3.05) is 0 Å². The number of hydrogen-bond donors (Lipinski definition) is 0. The molecule has 36 heavy (non-hydrogen) atoms. The van der Waals surface area contributed by atoms with Crippen LogP contribution in [-0.2, 0) is 0 Å². The summed E-state index contributed by atoms with van der Waals surface area (Å²) < 4.78 is 0. The molecule has 0 aromatic heterocycles. The predicted octanol–water partition coefficient (Wildman–Crippen LogP) is 12.5. The minimum absolute atomic E-state index is 0.877. The molecule has 1 unspecified atom stereocenters. The predicted molar refractivity (Wildman–Crippen MR) is 171 cm³/mol. The molecule has 0 bridgehead atoms. The van der Waals surface area contributed by atoms with Gasteiger partial charge >= 0.3 is 0 Å². The number of hydrogen-bond acceptors (Lipinski definition) is 0. The van der Waals surface area contributed by atoms with Crippen LogP contribution < -0.4 is 0 Å². The first kappa shape index (κ1) is 35.5. The van der Waals surface area contributed by atoms with E-state index in [1.165, 1.54) is 185 Å². The van der Waals surface area contributed by atoms with Gasteiger partial charge in [0.15, 0.2) is 0 Å². The van der Waals surface area contributed by atoms with Crippen LogP contribution in [0.4, 0.5) is 0 Å². The first-order chi connectivity index (χ1) is 17.7. The summed E-state index contributed by atoms with van der Waals surface area (Å²) in [7, 11) is 2.45. The summed E-state index contributed by atoms with van der Waals surface area (Å²) in [4.78, 5) is 0. The van der Waals surface area contributed by atoms with Crippen molar-refractivity contribution in [2.45, 2.75) is 199 Å². The molecule has 0 nitrogen and oxygen atoms in total. The van der Waals surface area contributed by atoms with Crippen molar-refractivity contribution in [1.29, 1.82) is 0 Å². The van der Waals surface area contributed by atoms with E-state index < -0.39 is 0 Å². The molecule has 0 saturated carbocycles. The highest BCUT2D eigenvalue weighted by atomic mass is 14.0. The molecule has 0 saturated heterocycles. The van der Waals surface area contributed by atoms with Crippen molar-refractivity contribution in [3.05, 3.63) is 24.3 Å². The van der Waals surface area contributed by atoms with Gasteiger partial charge in [-0.25, -0.2) is 0 Å². The molecule has 0 aliphatic rings. The van der Waals surface area contributed by atoms with Crippen LogP contribution in [0.15, 0.2) is 24.3 Å². The van der Waals surface area contributed by atoms with Gasteiger partial charge in [0.2, 0.25) is 0 Å². The largest absolute Gasteiger partial charge is 0.105 e. The van der Waals surface area contributed by atoms with E-state index in [4.69, 9.17) is 0 Å². The number of allylic oxidation sites excluding steroid dienone is 3. The second-order valence-electron chi connectivity index (χ2n) is 12.1. The van der Waals surface area contributed by atoms with Gasteiger partial charge < -0.3 is 0 Å². The van der Waals surface area contributed by atoms with Crippen LogP contribution in [0.25, 0.3) is 0 Å². The zero-order chi connectivity index (χ0) is 26.4. The van der Waals surface area contributed by atoms with Crippen LogP contribution in [0.1, 0.15) is 194 Å². The maximum Gasteiger partial charge on any atom is 0.105 e. The molecule has 0 spiro atoms. The lowest BCUT2D eigenvalue weighted by atomic mass is 9.79. The van der Waals surface area contributed by atoms with Crippen molar-refractivity contribution in [3.8, 4) is 0 Å². The Morgan fingerprint density at radius 3 is 1.31 bits per heavy atom. The summed E-state index contributed by atoms with van der Waals surface area (Å²) in [6, 6.07) is 0. The Morgan fingerprint density at radius 1 is 0.528 bits per heavy atom. The Bertz CT molecular complexity index is 452. The average molecular weight is 501 g/mol. The lowest BCUT2D eigenvalue weighted by molar-refractivity contribution is 0.530. The van der Waals surface area contributed by atoms with Crippen LogP contribution in [0, 0.1) is 0 Å². The topological polar surface area (TPSA) is 0 Å². The Hall–Kier alpha value is -0.455. The maximum absolute atomic E-state index is 4.28. The molecule has 0 heterocycles. The smallest absolute Gasteiger partial charge is 0.0958 e. The van der Waals surface area contributed by atoms with Gasteiger partial charge in [0.05, 0.1) is 0 Å². The van der Waals surface area contributed by atoms with Gasteiger partial charge in [-0.3, -0.25) is 0 Å². The van der Waals surface area contributed by atoms with Crippen molar-refractivity contribution in [1.82, 2.24) is 0 Å². The first-order valence-electron chi connectivity index (χ1n) is 17.0. The second-order valence-corrected chi connectivity index (χ2v) is 12.1. The van der Waals surface area contributed by atoms with E-state index in [0.717, 1.165) is 5.82 Å². The summed E-state index contributed by atoms with van der Waals surface area (Å²) in [5.74, 6) is 0.877. The first-order valence-corrected chi connectivity index (χ1v) is 17.0. The molecule has 1 atom stereocenters. The molecule has 1 heteroatoms.